The molecule has 5 rings (SSSR count). The van der Waals surface area contributed by atoms with Gasteiger partial charge in [-0.3, -0.25) is 9.69 Å². The number of nitrogens with two attached hydrogens (primary N) is 1. The quantitative estimate of drug-likeness (QED) is 0.334. The van der Waals surface area contributed by atoms with Gasteiger partial charge in [-0.05, 0) is 91.9 Å². The van der Waals surface area contributed by atoms with Crippen molar-refractivity contribution in [1.29, 1.82) is 5.26 Å². The summed E-state index contributed by atoms with van der Waals surface area (Å²) in [6, 6.07) is 20.3. The van der Waals surface area contributed by atoms with Gasteiger partial charge in [-0.15, -0.1) is 11.8 Å². The van der Waals surface area contributed by atoms with E-state index >= 15 is 0 Å². The highest BCUT2D eigenvalue weighted by molar-refractivity contribution is 7.98. The maximum atomic E-state index is 13.7. The van der Waals surface area contributed by atoms with Gasteiger partial charge in [0, 0.05) is 39.0 Å². The molecule has 1 heterocycles. The molecule has 0 bridgehead atoms. The topological polar surface area (TPSA) is 70.1 Å². The van der Waals surface area contributed by atoms with Crippen molar-refractivity contribution in [2.45, 2.75) is 49.7 Å². The number of ketones is 1. The lowest BCUT2D eigenvalue weighted by atomic mass is 9.73. The number of allylic oxidation sites excluding steroid dienone is 3. The molecule has 1 atom stereocenters. The van der Waals surface area contributed by atoms with E-state index in [1.54, 1.807) is 28.8 Å². The molecule has 192 valence electrons. The molecule has 3 aromatic rings. The van der Waals surface area contributed by atoms with Gasteiger partial charge in [0.25, 0.3) is 0 Å². The highest BCUT2D eigenvalue weighted by Crippen LogP contribution is 2.47. The number of carbonyl (C=O) groups excluding carboxylic acids is 1. The van der Waals surface area contributed by atoms with Crippen molar-refractivity contribution < 1.29 is 9.18 Å². The second-order valence-corrected chi connectivity index (χ2v) is 11.2. The first-order valence-electron chi connectivity index (χ1n) is 12.5. The van der Waals surface area contributed by atoms with Crippen molar-refractivity contribution in [3.8, 4) is 6.07 Å². The Labute approximate surface area is 231 Å². The molecular formula is C31H27ClFN3OS. The Morgan fingerprint density at radius 2 is 1.82 bits per heavy atom. The fourth-order valence-corrected chi connectivity index (χ4v) is 6.46. The molecule has 1 unspecified atom stereocenters. The molecule has 7 heteroatoms. The van der Waals surface area contributed by atoms with Gasteiger partial charge in [-0.25, -0.2) is 4.39 Å². The number of carbonyl (C=O) groups is 1. The van der Waals surface area contributed by atoms with Gasteiger partial charge >= 0.3 is 0 Å². The monoisotopic (exact) mass is 543 g/mol. The lowest BCUT2D eigenvalue weighted by Gasteiger charge is -2.40. The first-order chi connectivity index (χ1) is 18.3. The van der Waals surface area contributed by atoms with Gasteiger partial charge in [0.1, 0.15) is 11.6 Å². The van der Waals surface area contributed by atoms with E-state index in [1.165, 1.54) is 12.1 Å². The van der Waals surface area contributed by atoms with Crippen molar-refractivity contribution >= 4 is 34.8 Å². The van der Waals surface area contributed by atoms with E-state index in [-0.39, 0.29) is 17.4 Å². The number of halogens is 2. The molecule has 2 N–H and O–H groups in total. The van der Waals surface area contributed by atoms with E-state index in [2.05, 4.69) is 25.1 Å². The van der Waals surface area contributed by atoms with Crippen LogP contribution in [0.15, 0.2) is 88.2 Å². The summed E-state index contributed by atoms with van der Waals surface area (Å²) in [7, 11) is 0. The Morgan fingerprint density at radius 3 is 2.50 bits per heavy atom. The lowest BCUT2D eigenvalue weighted by Crippen LogP contribution is -2.39. The van der Waals surface area contributed by atoms with Crippen molar-refractivity contribution in [2.75, 3.05) is 4.90 Å². The zero-order valence-electron chi connectivity index (χ0n) is 21.2. The number of aryl methyl sites for hydroxylation is 1. The van der Waals surface area contributed by atoms with E-state index in [1.807, 2.05) is 31.2 Å². The molecule has 0 saturated heterocycles. The molecule has 3 aromatic carbocycles. The third-order valence-electron chi connectivity index (χ3n) is 7.22. The molecule has 4 nitrogen and oxygen atoms in total. The maximum Gasteiger partial charge on any atom is 0.161 e. The minimum absolute atomic E-state index is 0.0293. The predicted octanol–water partition coefficient (Wildman–Crippen LogP) is 7.69. The summed E-state index contributed by atoms with van der Waals surface area (Å²) in [4.78, 5) is 16.4. The van der Waals surface area contributed by atoms with Crippen LogP contribution in [0.1, 0.15) is 47.4 Å². The number of nitriles is 1. The van der Waals surface area contributed by atoms with Crippen molar-refractivity contribution in [2.24, 2.45) is 5.73 Å². The number of hydrogen-bond acceptors (Lipinski definition) is 5. The van der Waals surface area contributed by atoms with Gasteiger partial charge < -0.3 is 5.73 Å². The largest absolute Gasteiger partial charge is 0.384 e. The molecule has 2 aliphatic rings. The van der Waals surface area contributed by atoms with Gasteiger partial charge in [-0.2, -0.15) is 5.26 Å². The number of Topliss-reactive ketones (excluding diaryl/α,β-unsaturated/α-hetero) is 1. The predicted molar refractivity (Wildman–Crippen MR) is 151 cm³/mol. The summed E-state index contributed by atoms with van der Waals surface area (Å²) in [6.45, 7) is 4.09. The number of rotatable bonds is 5. The van der Waals surface area contributed by atoms with Crippen LogP contribution in [0, 0.1) is 31.0 Å². The third-order valence-corrected chi connectivity index (χ3v) is 8.53. The van der Waals surface area contributed by atoms with Crippen LogP contribution < -0.4 is 10.6 Å². The van der Waals surface area contributed by atoms with Crippen LogP contribution in [0.4, 0.5) is 10.1 Å². The molecular weight excluding hydrogens is 517 g/mol. The van der Waals surface area contributed by atoms with Gasteiger partial charge in [0.05, 0.1) is 17.6 Å². The smallest absolute Gasteiger partial charge is 0.161 e. The Morgan fingerprint density at radius 1 is 1.11 bits per heavy atom. The molecule has 0 saturated carbocycles. The summed E-state index contributed by atoms with van der Waals surface area (Å²) in [5.74, 6) is 0.146. The Bertz CT molecular complexity index is 1520. The number of anilines is 1. The summed E-state index contributed by atoms with van der Waals surface area (Å²) >= 11 is 7.75. The van der Waals surface area contributed by atoms with E-state index in [0.717, 1.165) is 38.6 Å². The summed E-state index contributed by atoms with van der Waals surface area (Å²) in [6.07, 6.45) is 1.78. The minimum atomic E-state index is -0.543. The summed E-state index contributed by atoms with van der Waals surface area (Å²) in [5, 5.41) is 11.1. The van der Waals surface area contributed by atoms with E-state index < -0.39 is 5.92 Å². The molecule has 38 heavy (non-hydrogen) atoms. The minimum Gasteiger partial charge on any atom is -0.384 e. The SMILES string of the molecule is Cc1cc(CSc2ccc(Cl)cc2)c(C)c(C2C(C#N)=C(N)N(c3ccc(F)cc3)C3=C2C(=O)CCC3)c1. The zero-order valence-corrected chi connectivity index (χ0v) is 22.8. The highest BCUT2D eigenvalue weighted by Gasteiger charge is 2.41. The first kappa shape index (κ1) is 26.1. The molecule has 1 aliphatic heterocycles. The van der Waals surface area contributed by atoms with Crippen LogP contribution in [-0.4, -0.2) is 5.78 Å². The highest BCUT2D eigenvalue weighted by atomic mass is 35.5. The normalized spacial score (nSPS) is 17.5. The van der Waals surface area contributed by atoms with Crippen molar-refractivity contribution in [3.63, 3.8) is 0 Å². The fourth-order valence-electron chi connectivity index (χ4n) is 5.39. The molecule has 1 aliphatic carbocycles. The second-order valence-electron chi connectivity index (χ2n) is 9.67. The Balaban J connectivity index is 1.62. The van der Waals surface area contributed by atoms with Crippen LogP contribution >= 0.6 is 23.4 Å². The summed E-state index contributed by atoms with van der Waals surface area (Å²) < 4.78 is 13.7. The van der Waals surface area contributed by atoms with E-state index in [9.17, 15) is 14.4 Å². The molecule has 0 aromatic heterocycles. The fraction of sp³-hybridized carbons (Fsp3) is 0.226. The molecule has 0 fully saturated rings. The molecule has 0 amide bonds. The second kappa shape index (κ2) is 10.7. The number of hydrogen-bond donors (Lipinski definition) is 1. The van der Waals surface area contributed by atoms with E-state index in [0.29, 0.717) is 41.1 Å². The summed E-state index contributed by atoms with van der Waals surface area (Å²) in [5.41, 5.74) is 13.3. The van der Waals surface area contributed by atoms with Crippen LogP contribution in [0.5, 0.6) is 0 Å². The van der Waals surface area contributed by atoms with E-state index in [4.69, 9.17) is 17.3 Å². The molecule has 0 radical (unpaired) electrons. The Kier molecular flexibility index (Phi) is 7.34. The first-order valence-corrected chi connectivity index (χ1v) is 13.8. The maximum absolute atomic E-state index is 13.7. The average Bonchev–Trinajstić information content (AvgIpc) is 2.90. The average molecular weight is 544 g/mol. The van der Waals surface area contributed by atoms with Crippen LogP contribution in [0.3, 0.4) is 0 Å². The van der Waals surface area contributed by atoms with Crippen LogP contribution in [0.2, 0.25) is 5.02 Å². The van der Waals surface area contributed by atoms with Crippen LogP contribution in [0.25, 0.3) is 0 Å². The third kappa shape index (κ3) is 4.84. The number of benzene rings is 3. The molecule has 0 spiro atoms. The Hall–Kier alpha value is -3.53. The zero-order chi connectivity index (χ0) is 27.0. The van der Waals surface area contributed by atoms with Crippen molar-refractivity contribution in [1.82, 2.24) is 0 Å². The number of thioether (sulfide) groups is 1. The van der Waals surface area contributed by atoms with Gasteiger partial charge in [-0.1, -0.05) is 29.3 Å². The van der Waals surface area contributed by atoms with Gasteiger partial charge in [0.15, 0.2) is 5.78 Å². The lowest BCUT2D eigenvalue weighted by molar-refractivity contribution is -0.116. The van der Waals surface area contributed by atoms with Crippen molar-refractivity contribution in [3.05, 3.63) is 116 Å². The standard InChI is InChI=1S/C31H27ClFN3OS/c1-18-14-20(17-38-24-12-6-21(32)7-13-24)19(2)25(15-18)29-26(16-34)31(35)36(23-10-8-22(33)9-11-23)27-4-3-5-28(37)30(27)29/h6-15,29H,3-5,17,35H2,1-2H3. The van der Waals surface area contributed by atoms with Gasteiger partial charge in [0.2, 0.25) is 0 Å². The number of nitrogens with zero attached hydrogens (tertiary/aromatic N) is 2. The van der Waals surface area contributed by atoms with Crippen LogP contribution in [-0.2, 0) is 10.5 Å².